The first-order valence-electron chi connectivity index (χ1n) is 7.76. The molecule has 5 nitrogen and oxygen atoms in total. The highest BCUT2D eigenvalue weighted by atomic mass is 35.5. The summed E-state index contributed by atoms with van der Waals surface area (Å²) in [5, 5.41) is 8.06. The van der Waals surface area contributed by atoms with Crippen molar-refractivity contribution in [2.75, 3.05) is 6.54 Å². The van der Waals surface area contributed by atoms with E-state index in [0.717, 1.165) is 42.3 Å². The zero-order valence-electron chi connectivity index (χ0n) is 12.9. The molecule has 7 heteroatoms. The molecule has 2 aromatic heterocycles. The van der Waals surface area contributed by atoms with Crippen LogP contribution < -0.4 is 0 Å². The van der Waals surface area contributed by atoms with Crippen molar-refractivity contribution in [2.24, 2.45) is 0 Å². The minimum absolute atomic E-state index is 0.557. The minimum Gasteiger partial charge on any atom is -0.334 e. The molecule has 0 atom stereocenters. The van der Waals surface area contributed by atoms with Gasteiger partial charge in [-0.2, -0.15) is 5.10 Å². The lowest BCUT2D eigenvalue weighted by Crippen LogP contribution is -2.30. The van der Waals surface area contributed by atoms with E-state index in [1.807, 2.05) is 36.7 Å². The van der Waals surface area contributed by atoms with E-state index in [-0.39, 0.29) is 0 Å². The fourth-order valence-corrected chi connectivity index (χ4v) is 3.38. The van der Waals surface area contributed by atoms with Gasteiger partial charge in [-0.3, -0.25) is 10.00 Å². The quantitative estimate of drug-likeness (QED) is 0.701. The highest BCUT2D eigenvalue weighted by Crippen LogP contribution is 2.25. The van der Waals surface area contributed by atoms with Crippen LogP contribution in [0, 0.1) is 4.77 Å². The van der Waals surface area contributed by atoms with E-state index in [9.17, 15) is 0 Å². The number of halogens is 1. The van der Waals surface area contributed by atoms with Gasteiger partial charge in [0.15, 0.2) is 4.77 Å². The number of hydrogen-bond donors (Lipinski definition) is 2. The van der Waals surface area contributed by atoms with Crippen LogP contribution in [0.5, 0.6) is 0 Å². The van der Waals surface area contributed by atoms with E-state index in [0.29, 0.717) is 4.77 Å². The Kier molecular flexibility index (Phi) is 4.18. The Morgan fingerprint density at radius 2 is 2.04 bits per heavy atom. The van der Waals surface area contributed by atoms with Gasteiger partial charge in [-0.1, -0.05) is 23.7 Å². The van der Waals surface area contributed by atoms with Crippen LogP contribution in [0.4, 0.5) is 0 Å². The number of rotatable bonds is 3. The molecule has 3 heterocycles. The van der Waals surface area contributed by atoms with E-state index in [2.05, 4.69) is 25.1 Å². The number of aromatic nitrogens is 4. The normalized spacial score (nSPS) is 14.5. The third-order valence-electron chi connectivity index (χ3n) is 4.30. The second-order valence-corrected chi connectivity index (χ2v) is 6.75. The summed E-state index contributed by atoms with van der Waals surface area (Å²) < 4.78 is 0.557. The molecule has 0 saturated heterocycles. The van der Waals surface area contributed by atoms with Gasteiger partial charge < -0.3 is 4.98 Å². The summed E-state index contributed by atoms with van der Waals surface area (Å²) in [5.74, 6) is 0. The Balaban J connectivity index is 1.55. The third-order valence-corrected chi connectivity index (χ3v) is 4.76. The maximum Gasteiger partial charge on any atom is 0.196 e. The predicted molar refractivity (Wildman–Crippen MR) is 96.3 cm³/mol. The first-order valence-corrected chi connectivity index (χ1v) is 8.55. The Labute approximate surface area is 149 Å². The molecule has 3 aromatic rings. The standard InChI is InChI=1S/C17H16ClN5S/c18-14-3-1-11(2-4-14)16-13(8-20-22-16)10-23-6-5-15-12(9-23)7-19-17(24)21-15/h1-4,7-8H,5-6,9-10H2,(H,20,22)(H,19,21,24). The lowest BCUT2D eigenvalue weighted by molar-refractivity contribution is 0.243. The Hall–Kier alpha value is -2.02. The number of aromatic amines is 2. The van der Waals surface area contributed by atoms with Crippen LogP contribution in [-0.4, -0.2) is 31.6 Å². The zero-order chi connectivity index (χ0) is 16.5. The van der Waals surface area contributed by atoms with Crippen LogP contribution in [0.1, 0.15) is 16.8 Å². The van der Waals surface area contributed by atoms with E-state index in [1.54, 1.807) is 0 Å². The van der Waals surface area contributed by atoms with E-state index in [4.69, 9.17) is 23.8 Å². The summed E-state index contributed by atoms with van der Waals surface area (Å²) in [4.78, 5) is 9.79. The highest BCUT2D eigenvalue weighted by Gasteiger charge is 2.19. The summed E-state index contributed by atoms with van der Waals surface area (Å²) in [5.41, 5.74) is 5.73. The second kappa shape index (κ2) is 6.47. The van der Waals surface area contributed by atoms with Crippen molar-refractivity contribution in [1.29, 1.82) is 0 Å². The van der Waals surface area contributed by atoms with Crippen molar-refractivity contribution in [2.45, 2.75) is 19.5 Å². The summed E-state index contributed by atoms with van der Waals surface area (Å²) in [6.07, 6.45) is 4.74. The highest BCUT2D eigenvalue weighted by molar-refractivity contribution is 7.71. The second-order valence-electron chi connectivity index (χ2n) is 5.93. The molecule has 0 bridgehead atoms. The number of benzene rings is 1. The van der Waals surface area contributed by atoms with Gasteiger partial charge in [-0.05, 0) is 29.9 Å². The molecule has 1 aliphatic rings. The summed E-state index contributed by atoms with van der Waals surface area (Å²) >= 11 is 11.1. The van der Waals surface area contributed by atoms with E-state index < -0.39 is 0 Å². The van der Waals surface area contributed by atoms with E-state index in [1.165, 1.54) is 16.8 Å². The van der Waals surface area contributed by atoms with Crippen LogP contribution in [0.15, 0.2) is 36.7 Å². The number of hydrogen-bond acceptors (Lipinski definition) is 4. The summed E-state index contributed by atoms with van der Waals surface area (Å²) in [6.45, 7) is 2.68. The molecule has 0 spiro atoms. The maximum atomic E-state index is 5.98. The predicted octanol–water partition coefficient (Wildman–Crippen LogP) is 3.74. The fourth-order valence-electron chi connectivity index (χ4n) is 3.08. The Morgan fingerprint density at radius 3 is 2.88 bits per heavy atom. The lowest BCUT2D eigenvalue weighted by Gasteiger charge is -2.28. The molecule has 0 fully saturated rings. The van der Waals surface area contributed by atoms with Crippen molar-refractivity contribution in [3.05, 3.63) is 63.3 Å². The molecule has 0 saturated carbocycles. The van der Waals surface area contributed by atoms with Crippen LogP contribution in [0.3, 0.4) is 0 Å². The molecular formula is C17H16ClN5S. The van der Waals surface area contributed by atoms with Crippen LogP contribution in [0.25, 0.3) is 11.3 Å². The molecule has 2 N–H and O–H groups in total. The number of fused-ring (bicyclic) bond motifs is 1. The Morgan fingerprint density at radius 1 is 1.21 bits per heavy atom. The molecule has 0 unspecified atom stereocenters. The average Bonchev–Trinajstić information content (AvgIpc) is 3.04. The number of nitrogens with one attached hydrogen (secondary N) is 2. The van der Waals surface area contributed by atoms with Gasteiger partial charge in [-0.15, -0.1) is 0 Å². The maximum absolute atomic E-state index is 5.98. The van der Waals surface area contributed by atoms with Crippen LogP contribution >= 0.6 is 23.8 Å². The van der Waals surface area contributed by atoms with Gasteiger partial charge in [0.25, 0.3) is 0 Å². The summed E-state index contributed by atoms with van der Waals surface area (Å²) in [7, 11) is 0. The molecular weight excluding hydrogens is 342 g/mol. The minimum atomic E-state index is 0.557. The van der Waals surface area contributed by atoms with Crippen molar-refractivity contribution in [3.63, 3.8) is 0 Å². The topological polar surface area (TPSA) is 60.6 Å². The summed E-state index contributed by atoms with van der Waals surface area (Å²) in [6, 6.07) is 7.81. The molecule has 4 rings (SSSR count). The van der Waals surface area contributed by atoms with Gasteiger partial charge in [0.1, 0.15) is 0 Å². The molecule has 1 aromatic carbocycles. The van der Waals surface area contributed by atoms with Crippen LogP contribution in [0.2, 0.25) is 5.02 Å². The smallest absolute Gasteiger partial charge is 0.196 e. The van der Waals surface area contributed by atoms with Crippen LogP contribution in [-0.2, 0) is 19.5 Å². The first-order chi connectivity index (χ1) is 11.7. The fraction of sp³-hybridized carbons (Fsp3) is 0.235. The number of nitrogens with zero attached hydrogens (tertiary/aromatic N) is 3. The Bertz CT molecular complexity index is 915. The largest absolute Gasteiger partial charge is 0.334 e. The lowest BCUT2D eigenvalue weighted by atomic mass is 10.0. The molecule has 0 radical (unpaired) electrons. The van der Waals surface area contributed by atoms with Gasteiger partial charge in [0.2, 0.25) is 0 Å². The third kappa shape index (κ3) is 3.13. The van der Waals surface area contributed by atoms with Gasteiger partial charge in [0, 0.05) is 54.1 Å². The molecule has 0 amide bonds. The SMILES string of the molecule is S=c1ncc2c([nH]1)CCN(Cc1cn[nH]c1-c1ccc(Cl)cc1)C2. The number of H-pyrrole nitrogens is 2. The molecule has 24 heavy (non-hydrogen) atoms. The monoisotopic (exact) mass is 357 g/mol. The van der Waals surface area contributed by atoms with Gasteiger partial charge in [0.05, 0.1) is 11.9 Å². The van der Waals surface area contributed by atoms with Crippen molar-refractivity contribution in [3.8, 4) is 11.3 Å². The van der Waals surface area contributed by atoms with Gasteiger partial charge >= 0.3 is 0 Å². The van der Waals surface area contributed by atoms with Crippen molar-refractivity contribution >= 4 is 23.8 Å². The van der Waals surface area contributed by atoms with Crippen molar-refractivity contribution < 1.29 is 0 Å². The zero-order valence-corrected chi connectivity index (χ0v) is 14.5. The van der Waals surface area contributed by atoms with E-state index >= 15 is 0 Å². The average molecular weight is 358 g/mol. The molecule has 1 aliphatic heterocycles. The van der Waals surface area contributed by atoms with Crippen molar-refractivity contribution in [1.82, 2.24) is 25.1 Å². The molecule has 122 valence electrons. The molecule has 0 aliphatic carbocycles. The first kappa shape index (κ1) is 15.5. The van der Waals surface area contributed by atoms with Gasteiger partial charge in [-0.25, -0.2) is 4.98 Å².